The summed E-state index contributed by atoms with van der Waals surface area (Å²) in [5.74, 6) is 0.342. The summed E-state index contributed by atoms with van der Waals surface area (Å²) < 4.78 is 10.4. The minimum Gasteiger partial charge on any atom is -0.496 e. The zero-order chi connectivity index (χ0) is 17.0. The first kappa shape index (κ1) is 16.3. The molecule has 7 heteroatoms. The van der Waals surface area contributed by atoms with E-state index in [0.29, 0.717) is 17.1 Å². The van der Waals surface area contributed by atoms with Gasteiger partial charge in [0.15, 0.2) is 0 Å². The standard InChI is InChI=1S/C16H16N2O5/c1-10-5-4-6-12(15(10)23-3)16(19)17-13-9-11(18(20)21)7-8-14(13)22-2/h4-9H,1-3H3,(H,17,19). The number of hydrogen-bond donors (Lipinski definition) is 1. The van der Waals surface area contributed by atoms with Crippen LogP contribution in [0, 0.1) is 17.0 Å². The van der Waals surface area contributed by atoms with Crippen LogP contribution in [-0.4, -0.2) is 25.1 Å². The van der Waals surface area contributed by atoms with Crippen molar-refractivity contribution in [3.05, 3.63) is 57.6 Å². The average molecular weight is 316 g/mol. The SMILES string of the molecule is COc1ccc([N+](=O)[O-])cc1NC(=O)c1cccc(C)c1OC. The van der Waals surface area contributed by atoms with E-state index in [1.54, 1.807) is 12.1 Å². The van der Waals surface area contributed by atoms with Crippen LogP contribution in [0.4, 0.5) is 11.4 Å². The highest BCUT2D eigenvalue weighted by molar-refractivity contribution is 6.07. The van der Waals surface area contributed by atoms with Crippen molar-refractivity contribution in [2.75, 3.05) is 19.5 Å². The number of carbonyl (C=O) groups is 1. The minimum atomic E-state index is -0.539. The minimum absolute atomic E-state index is 0.141. The third-order valence-electron chi connectivity index (χ3n) is 3.30. The van der Waals surface area contributed by atoms with Crippen molar-refractivity contribution in [2.45, 2.75) is 6.92 Å². The molecular weight excluding hydrogens is 300 g/mol. The predicted octanol–water partition coefficient (Wildman–Crippen LogP) is 3.17. The predicted molar refractivity (Wildman–Crippen MR) is 85.3 cm³/mol. The third kappa shape index (κ3) is 3.39. The van der Waals surface area contributed by atoms with Crippen LogP contribution in [0.25, 0.3) is 0 Å². The largest absolute Gasteiger partial charge is 0.496 e. The molecule has 0 unspecified atom stereocenters. The second kappa shape index (κ2) is 6.78. The van der Waals surface area contributed by atoms with E-state index < -0.39 is 10.8 Å². The molecule has 0 aliphatic heterocycles. The summed E-state index contributed by atoms with van der Waals surface area (Å²) >= 11 is 0. The fourth-order valence-corrected chi connectivity index (χ4v) is 2.20. The lowest BCUT2D eigenvalue weighted by Crippen LogP contribution is -2.14. The molecule has 0 saturated heterocycles. The molecule has 2 aromatic carbocycles. The van der Waals surface area contributed by atoms with Gasteiger partial charge in [-0.05, 0) is 24.6 Å². The van der Waals surface area contributed by atoms with Crippen molar-refractivity contribution in [3.63, 3.8) is 0 Å². The van der Waals surface area contributed by atoms with Crippen molar-refractivity contribution < 1.29 is 19.2 Å². The quantitative estimate of drug-likeness (QED) is 0.676. The summed E-state index contributed by atoms with van der Waals surface area (Å²) in [6, 6.07) is 9.16. The maximum Gasteiger partial charge on any atom is 0.271 e. The molecule has 1 N–H and O–H groups in total. The van der Waals surface area contributed by atoms with E-state index in [1.807, 2.05) is 13.0 Å². The Bertz CT molecular complexity index is 758. The zero-order valence-electron chi connectivity index (χ0n) is 13.0. The van der Waals surface area contributed by atoms with Crippen molar-refractivity contribution in [1.29, 1.82) is 0 Å². The molecule has 1 amide bonds. The van der Waals surface area contributed by atoms with Gasteiger partial charge in [-0.2, -0.15) is 0 Å². The Morgan fingerprint density at radius 1 is 1.17 bits per heavy atom. The average Bonchev–Trinajstić information content (AvgIpc) is 2.54. The number of ether oxygens (including phenoxy) is 2. The summed E-state index contributed by atoms with van der Waals surface area (Å²) in [5.41, 5.74) is 1.22. The number of nitrogens with zero attached hydrogens (tertiary/aromatic N) is 1. The highest BCUT2D eigenvalue weighted by atomic mass is 16.6. The van der Waals surface area contributed by atoms with Gasteiger partial charge in [0.25, 0.3) is 11.6 Å². The van der Waals surface area contributed by atoms with Crippen LogP contribution >= 0.6 is 0 Å². The van der Waals surface area contributed by atoms with Gasteiger partial charge in [0.1, 0.15) is 11.5 Å². The Morgan fingerprint density at radius 3 is 2.52 bits per heavy atom. The van der Waals surface area contributed by atoms with Crippen LogP contribution in [0.2, 0.25) is 0 Å². The van der Waals surface area contributed by atoms with Gasteiger partial charge < -0.3 is 14.8 Å². The normalized spacial score (nSPS) is 10.0. The van der Waals surface area contributed by atoms with Crippen molar-refractivity contribution in [3.8, 4) is 11.5 Å². The third-order valence-corrected chi connectivity index (χ3v) is 3.30. The lowest BCUT2D eigenvalue weighted by Gasteiger charge is -2.13. The molecule has 0 aliphatic carbocycles. The molecule has 0 spiro atoms. The second-order valence-corrected chi connectivity index (χ2v) is 4.75. The summed E-state index contributed by atoms with van der Waals surface area (Å²) in [6.07, 6.45) is 0. The van der Waals surface area contributed by atoms with E-state index in [4.69, 9.17) is 9.47 Å². The van der Waals surface area contributed by atoms with Gasteiger partial charge in [-0.3, -0.25) is 14.9 Å². The smallest absolute Gasteiger partial charge is 0.271 e. The van der Waals surface area contributed by atoms with Gasteiger partial charge in [0.2, 0.25) is 0 Å². The van der Waals surface area contributed by atoms with Crippen LogP contribution in [-0.2, 0) is 0 Å². The molecule has 0 bridgehead atoms. The number of nitro benzene ring substituents is 1. The molecule has 0 aliphatic rings. The Morgan fingerprint density at radius 2 is 1.91 bits per heavy atom. The number of para-hydroxylation sites is 1. The highest BCUT2D eigenvalue weighted by Gasteiger charge is 2.18. The van der Waals surface area contributed by atoms with Crippen LogP contribution < -0.4 is 14.8 Å². The molecule has 7 nitrogen and oxygen atoms in total. The maximum absolute atomic E-state index is 12.5. The molecule has 0 heterocycles. The maximum atomic E-state index is 12.5. The fourth-order valence-electron chi connectivity index (χ4n) is 2.20. The first-order valence-corrected chi connectivity index (χ1v) is 6.75. The molecule has 2 aromatic rings. The fraction of sp³-hybridized carbons (Fsp3) is 0.188. The molecule has 0 saturated carbocycles. The van der Waals surface area contributed by atoms with E-state index in [-0.39, 0.29) is 11.4 Å². The number of nitro groups is 1. The molecule has 0 fully saturated rings. The van der Waals surface area contributed by atoms with Gasteiger partial charge in [-0.25, -0.2) is 0 Å². The number of aryl methyl sites for hydroxylation is 1. The van der Waals surface area contributed by atoms with Gasteiger partial charge in [0.05, 0.1) is 30.4 Å². The molecule has 0 atom stereocenters. The van der Waals surface area contributed by atoms with Crippen LogP contribution in [0.1, 0.15) is 15.9 Å². The summed E-state index contributed by atoms with van der Waals surface area (Å²) in [5, 5.41) is 13.5. The molecular formula is C16H16N2O5. The lowest BCUT2D eigenvalue weighted by molar-refractivity contribution is -0.384. The van der Waals surface area contributed by atoms with Crippen LogP contribution in [0.5, 0.6) is 11.5 Å². The van der Waals surface area contributed by atoms with E-state index in [1.165, 1.54) is 32.4 Å². The van der Waals surface area contributed by atoms with Gasteiger partial charge in [-0.15, -0.1) is 0 Å². The van der Waals surface area contributed by atoms with Crippen molar-refractivity contribution in [1.82, 2.24) is 0 Å². The Labute approximate surface area is 133 Å². The lowest BCUT2D eigenvalue weighted by atomic mass is 10.1. The number of nitrogens with one attached hydrogen (secondary N) is 1. The summed E-state index contributed by atoms with van der Waals surface area (Å²) in [6.45, 7) is 1.82. The molecule has 2 rings (SSSR count). The van der Waals surface area contributed by atoms with Gasteiger partial charge in [0, 0.05) is 12.1 Å². The summed E-state index contributed by atoms with van der Waals surface area (Å²) in [4.78, 5) is 22.8. The number of carbonyl (C=O) groups excluding carboxylic acids is 1. The Hall–Kier alpha value is -3.09. The number of amides is 1. The second-order valence-electron chi connectivity index (χ2n) is 4.75. The molecule has 23 heavy (non-hydrogen) atoms. The van der Waals surface area contributed by atoms with Crippen molar-refractivity contribution in [2.24, 2.45) is 0 Å². The Kier molecular flexibility index (Phi) is 4.80. The van der Waals surface area contributed by atoms with E-state index in [2.05, 4.69) is 5.32 Å². The number of rotatable bonds is 5. The van der Waals surface area contributed by atoms with Crippen LogP contribution in [0.15, 0.2) is 36.4 Å². The van der Waals surface area contributed by atoms with Gasteiger partial charge >= 0.3 is 0 Å². The molecule has 0 aromatic heterocycles. The highest BCUT2D eigenvalue weighted by Crippen LogP contribution is 2.30. The number of non-ortho nitro benzene ring substituents is 1. The first-order valence-electron chi connectivity index (χ1n) is 6.75. The molecule has 0 radical (unpaired) electrons. The van der Waals surface area contributed by atoms with E-state index in [0.717, 1.165) is 5.56 Å². The number of anilines is 1. The first-order chi connectivity index (χ1) is 11.0. The number of hydrogen-bond acceptors (Lipinski definition) is 5. The summed E-state index contributed by atoms with van der Waals surface area (Å²) in [7, 11) is 2.90. The van der Waals surface area contributed by atoms with E-state index >= 15 is 0 Å². The van der Waals surface area contributed by atoms with Crippen molar-refractivity contribution >= 4 is 17.3 Å². The topological polar surface area (TPSA) is 90.7 Å². The number of methoxy groups -OCH3 is 2. The Balaban J connectivity index is 2.39. The molecule has 120 valence electrons. The zero-order valence-corrected chi connectivity index (χ0v) is 13.0. The number of benzene rings is 2. The van der Waals surface area contributed by atoms with Gasteiger partial charge in [-0.1, -0.05) is 12.1 Å². The monoisotopic (exact) mass is 316 g/mol. The van der Waals surface area contributed by atoms with E-state index in [9.17, 15) is 14.9 Å². The van der Waals surface area contributed by atoms with Crippen LogP contribution in [0.3, 0.4) is 0 Å².